The van der Waals surface area contributed by atoms with Crippen molar-refractivity contribution in [2.75, 3.05) is 104 Å². The number of urea groups is 1. The first-order chi connectivity index (χ1) is 67.7. The van der Waals surface area contributed by atoms with Crippen LogP contribution in [0, 0.1) is 34.5 Å². The lowest BCUT2D eigenvalue weighted by atomic mass is 9.49. The molecule has 21 N–H and O–H groups in total. The maximum Gasteiger partial charge on any atom is 0.312 e. The van der Waals surface area contributed by atoms with Gasteiger partial charge in [0.2, 0.25) is 47.3 Å². The van der Waals surface area contributed by atoms with Gasteiger partial charge in [-0.05, 0) is 183 Å². The Morgan fingerprint density at radius 2 is 1.21 bits per heavy atom. The summed E-state index contributed by atoms with van der Waals surface area (Å²) in [6, 6.07) is 21.9. The van der Waals surface area contributed by atoms with E-state index in [0.717, 1.165) is 90.4 Å². The normalized spacial score (nSPS) is 25.4. The van der Waals surface area contributed by atoms with Gasteiger partial charge in [0.15, 0.2) is 17.8 Å². The number of primary amides is 1. The number of para-hydroxylation sites is 1. The number of hydrogen-bond donors (Lipinski definition) is 19. The second-order valence-corrected chi connectivity index (χ2v) is 40.0. The molecular weight excluding hydrogens is 1820 g/mol. The number of anilines is 1. The minimum atomic E-state index is -1.62. The van der Waals surface area contributed by atoms with Crippen LogP contribution in [-0.2, 0) is 113 Å². The number of benzene rings is 4. The number of carbonyl (C=O) groups excluding carboxylic acids is 11. The van der Waals surface area contributed by atoms with Gasteiger partial charge in [0.25, 0.3) is 0 Å². The number of aliphatic hydroxyl groups is 5. The number of amides is 10. The van der Waals surface area contributed by atoms with E-state index in [0.29, 0.717) is 79.7 Å². The SMILES string of the molecule is CN/C1=C(\NN)c2ccccc2N(C(=O)CCC(=O)NCCOCCOCCOCCOCCC(=O)N[C@H](CCCCNC(=O)COC2CCCCCC3=C2NNN3[C@@H]2O[C@H](CO)[C@H](O)[C@H](O)[C@H]2O)C(=O)N[C@H](C(=O)C[C@@H](CCCNC(N)=O)C(=O)N[C@@H](CO)C(=O)Cc2ccc3c(c2)[C@@]2(C)CCC[C@](C)(C(=O)NC(=O)[C@@]4(C)CCC[C@]5(C)c6cc(O)ccc6CC[C@@H]45)[C@@H]2CC3)C(C)C)Cc2ccccc21. The summed E-state index contributed by atoms with van der Waals surface area (Å²) in [5, 5.41) is 87.9. The van der Waals surface area contributed by atoms with E-state index in [9.17, 15) is 78.6 Å². The van der Waals surface area contributed by atoms with Crippen LogP contribution >= 0.6 is 0 Å². The van der Waals surface area contributed by atoms with E-state index >= 15 is 4.79 Å². The number of unbranched alkanes of at least 4 members (excludes halogenated alkanes) is 1. The second kappa shape index (κ2) is 51.1. The number of fused-ring (bicyclic) bond motifs is 8. The zero-order valence-electron chi connectivity index (χ0n) is 82.5. The molecule has 0 spiro atoms. The number of aryl methyl sites for hydroxylation is 2. The fraction of sp³-hybridized carbons (Fsp3) is 0.621. The Bertz CT molecular complexity index is 5100. The number of carbonyl (C=O) groups is 11. The number of hydrogen-bond acceptors (Lipinski definition) is 29. The molecule has 1 saturated heterocycles. The number of allylic oxidation sites excluding steroid dienone is 1. The van der Waals surface area contributed by atoms with Gasteiger partial charge in [-0.3, -0.25) is 64.1 Å². The second-order valence-electron chi connectivity index (χ2n) is 40.0. The number of ether oxygens (including phenoxy) is 6. The van der Waals surface area contributed by atoms with Gasteiger partial charge in [-0.15, -0.1) is 5.53 Å². The topological polar surface area (TPSA) is 555 Å². The molecule has 4 aromatic carbocycles. The van der Waals surface area contributed by atoms with Crippen LogP contribution in [0.2, 0.25) is 0 Å². The molecule has 12 rings (SSSR count). The predicted octanol–water partition coefficient (Wildman–Crippen LogP) is 4.37. The van der Waals surface area contributed by atoms with Crippen molar-refractivity contribution in [2.24, 2.45) is 46.1 Å². The molecule has 0 bridgehead atoms. The number of hydrazine groups is 3. The molecule has 1 unspecified atom stereocenters. The van der Waals surface area contributed by atoms with E-state index in [1.807, 2.05) is 99.8 Å². The Kier molecular flexibility index (Phi) is 39.6. The van der Waals surface area contributed by atoms with E-state index in [1.165, 1.54) is 10.6 Å². The first-order valence-electron chi connectivity index (χ1n) is 50.3. The number of phenolic OH excluding ortho intramolecular Hbond substituents is 1. The van der Waals surface area contributed by atoms with Crippen LogP contribution in [-0.4, -0.2) is 255 Å². The lowest BCUT2D eigenvalue weighted by molar-refractivity contribution is -0.266. The minimum Gasteiger partial charge on any atom is -0.508 e. The zero-order chi connectivity index (χ0) is 101. The molecule has 4 aromatic rings. The van der Waals surface area contributed by atoms with Crippen molar-refractivity contribution >= 4 is 81.9 Å². The number of phenols is 1. The number of ketones is 2. The molecule has 38 nitrogen and oxygen atoms in total. The summed E-state index contributed by atoms with van der Waals surface area (Å²) in [7, 11) is 1.81. The maximum absolute atomic E-state index is 15.0. The largest absolute Gasteiger partial charge is 0.508 e. The molecule has 0 aromatic heterocycles. The Morgan fingerprint density at radius 1 is 0.582 bits per heavy atom. The van der Waals surface area contributed by atoms with Crippen LogP contribution in [0.15, 0.2) is 96.3 Å². The first-order valence-corrected chi connectivity index (χ1v) is 50.3. The quantitative estimate of drug-likeness (QED) is 0.0126. The van der Waals surface area contributed by atoms with Crippen molar-refractivity contribution in [3.63, 3.8) is 0 Å². The predicted molar refractivity (Wildman–Crippen MR) is 522 cm³/mol. The van der Waals surface area contributed by atoms with Gasteiger partial charge >= 0.3 is 6.03 Å². The number of nitrogens with two attached hydrogens (primary N) is 2. The number of imide groups is 1. The third-order valence-electron chi connectivity index (χ3n) is 30.2. The van der Waals surface area contributed by atoms with Gasteiger partial charge in [0, 0.05) is 75.8 Å². The molecule has 38 heteroatoms. The molecule has 8 aliphatic rings. The highest BCUT2D eigenvalue weighted by Crippen LogP contribution is 2.60. The van der Waals surface area contributed by atoms with Crippen molar-refractivity contribution in [3.8, 4) is 5.75 Å². The lowest BCUT2D eigenvalue weighted by Gasteiger charge is -2.56. The number of aliphatic hydroxyl groups excluding tert-OH is 5. The van der Waals surface area contributed by atoms with Crippen molar-refractivity contribution in [1.29, 1.82) is 0 Å². The summed E-state index contributed by atoms with van der Waals surface area (Å²) < 4.78 is 34.8. The summed E-state index contributed by atoms with van der Waals surface area (Å²) in [6.45, 7) is 12.0. The molecule has 10 amide bonds. The highest BCUT2D eigenvalue weighted by atomic mass is 16.6. The van der Waals surface area contributed by atoms with Crippen LogP contribution in [0.1, 0.15) is 227 Å². The van der Waals surface area contributed by atoms with Gasteiger partial charge in [-0.1, -0.05) is 134 Å². The van der Waals surface area contributed by atoms with Crippen LogP contribution in [0.4, 0.5) is 10.5 Å². The summed E-state index contributed by atoms with van der Waals surface area (Å²) in [6.07, 6.45) is 2.68. The summed E-state index contributed by atoms with van der Waals surface area (Å²) in [5.41, 5.74) is 22.4. The van der Waals surface area contributed by atoms with Gasteiger partial charge in [0.05, 0.1) is 118 Å². The zero-order valence-corrected chi connectivity index (χ0v) is 82.5. The molecule has 2 saturated carbocycles. The number of nitrogens with one attached hydrogen (secondary N) is 11. The molecular formula is C103H149N15O23. The van der Waals surface area contributed by atoms with Crippen LogP contribution < -0.4 is 75.4 Å². The molecule has 3 heterocycles. The standard InChI is InChI=1S/C103H149N15O23/c1-62(2)87(78(123)56-66(21-17-44-109-99(104)135)94(131)111-74(59-119)77(122)55-63-28-29-64-31-34-81-100(3,71(64)54-63)39-18-41-102(81,5)97(133)113-98(134)103(6)42-19-40-101(4)72-57-68(121)33-30-65(72)32-35-82(101)103)112-95(132)73(24-15-16-43-107-85(126)61-140-79-27-10-8-9-26-76-90(79)115-116-118(76)96-93(130)92(129)91(128)80(60-120)141-96)110-84(125)38-46-136-48-50-138-52-53-139-51-49-137-47-45-108-83(124)36-37-86(127)117-58-67-20-11-12-22-69(67)88(106-7)89(114-105)70-23-13-14-25-75(70)117/h11-14,20,22-23,25,28-30,33,54,57,62,66,73-74,79-82,87,91-93,96,106,114-116,119-121,128-130H,8-10,15-19,21,24,26-27,31-32,34-53,55-56,58-61,105H2,1-7H3,(H,107,126)(H,108,124)(H,110,125)(H,111,131)(H,112,132)(H3,104,109,135)(H,113,133,134)/b89-88-/t66-,73-,74+,79?,80-,81-,82-,87+,91+,92+,93-,96-,100-,101-,102+,103+/m1/s1. The molecule has 774 valence electrons. The van der Waals surface area contributed by atoms with Gasteiger partial charge < -0.3 is 118 Å². The van der Waals surface area contributed by atoms with Crippen LogP contribution in [0.5, 0.6) is 5.75 Å². The van der Waals surface area contributed by atoms with Crippen LogP contribution in [0.25, 0.3) is 11.4 Å². The molecule has 141 heavy (non-hydrogen) atoms. The van der Waals surface area contributed by atoms with Crippen LogP contribution in [0.3, 0.4) is 0 Å². The number of aromatic hydroxyl groups is 1. The molecule has 5 aliphatic carbocycles. The Morgan fingerprint density at radius 3 is 1.87 bits per heavy atom. The average molecular weight is 1970 g/mol. The Hall–Kier alpha value is -10.6. The van der Waals surface area contributed by atoms with E-state index in [4.69, 9.17) is 40.0 Å². The Labute approximate surface area is 824 Å². The summed E-state index contributed by atoms with van der Waals surface area (Å²) in [4.78, 5) is 156. The highest BCUT2D eigenvalue weighted by Gasteiger charge is 2.59. The smallest absolute Gasteiger partial charge is 0.312 e. The van der Waals surface area contributed by atoms with Crippen molar-refractivity contribution in [3.05, 3.63) is 141 Å². The lowest BCUT2D eigenvalue weighted by Crippen LogP contribution is -2.64. The number of nitrogens with zero attached hydrogens (tertiary/aromatic N) is 2. The molecule has 0 radical (unpaired) electrons. The van der Waals surface area contributed by atoms with Gasteiger partial charge in [-0.25, -0.2) is 4.79 Å². The van der Waals surface area contributed by atoms with Gasteiger partial charge in [-0.2, -0.15) is 0 Å². The minimum absolute atomic E-state index is 0.0106. The van der Waals surface area contributed by atoms with Crippen molar-refractivity contribution in [2.45, 2.75) is 274 Å². The first kappa shape index (κ1) is 109. The fourth-order valence-corrected chi connectivity index (χ4v) is 22.6. The summed E-state index contributed by atoms with van der Waals surface area (Å²) in [5.74, 6) is -0.372. The van der Waals surface area contributed by atoms with E-state index in [1.54, 1.807) is 24.8 Å². The monoisotopic (exact) mass is 1960 g/mol. The third-order valence-corrected chi connectivity index (χ3v) is 30.2. The molecule has 3 fully saturated rings. The fourth-order valence-electron chi connectivity index (χ4n) is 22.6. The molecule has 3 aliphatic heterocycles. The number of Topliss-reactive ketones (excluding diaryl/α,β-unsaturated/α-hetero) is 2. The Balaban J connectivity index is 0.616. The third kappa shape index (κ3) is 26.9. The average Bonchev–Trinajstić information content (AvgIpc) is 1.71. The van der Waals surface area contributed by atoms with E-state index in [-0.39, 0.29) is 184 Å². The van der Waals surface area contributed by atoms with Gasteiger partial charge in [0.1, 0.15) is 55.0 Å². The highest BCUT2D eigenvalue weighted by molar-refractivity contribution is 6.03. The van der Waals surface area contributed by atoms with E-state index < -0.39 is 144 Å². The maximum atomic E-state index is 15.0. The van der Waals surface area contributed by atoms with Crippen molar-refractivity contribution < 1.29 is 112 Å². The molecule has 16 atom stereocenters. The van der Waals surface area contributed by atoms with Crippen molar-refractivity contribution in [1.82, 2.24) is 63.9 Å². The van der Waals surface area contributed by atoms with E-state index in [2.05, 4.69) is 72.8 Å². The summed E-state index contributed by atoms with van der Waals surface area (Å²) >= 11 is 0. The number of rotatable bonds is 49.